The molecule has 0 aromatic rings. The highest BCUT2D eigenvalue weighted by atomic mass is 28.4. The number of hydrogen-bond donors (Lipinski definition) is 0. The maximum absolute atomic E-state index is 11.4. The van der Waals surface area contributed by atoms with Gasteiger partial charge in [-0.25, -0.2) is 0 Å². The lowest BCUT2D eigenvalue weighted by Gasteiger charge is -2.19. The fraction of sp³-hybridized carbons (Fsp3) is 0.938. The van der Waals surface area contributed by atoms with Crippen LogP contribution in [0.5, 0.6) is 0 Å². The van der Waals surface area contributed by atoms with Crippen LogP contribution in [0.1, 0.15) is 57.8 Å². The SMILES string of the molecule is CO[Si](C)(C)CCCCCCCCCCC(=O)N(C)C. The zero-order valence-electron chi connectivity index (χ0n) is 14.3. The molecule has 4 heteroatoms. The highest BCUT2D eigenvalue weighted by Gasteiger charge is 2.18. The number of carbonyl (C=O) groups is 1. The Kier molecular flexibility index (Phi) is 11.1. The van der Waals surface area contributed by atoms with Crippen LogP contribution in [0, 0.1) is 0 Å². The summed E-state index contributed by atoms with van der Waals surface area (Å²) >= 11 is 0. The molecular weight excluding hydrogens is 266 g/mol. The summed E-state index contributed by atoms with van der Waals surface area (Å²) in [5.41, 5.74) is 0. The summed E-state index contributed by atoms with van der Waals surface area (Å²) < 4.78 is 5.55. The molecule has 0 aliphatic rings. The van der Waals surface area contributed by atoms with Gasteiger partial charge in [-0.3, -0.25) is 4.79 Å². The van der Waals surface area contributed by atoms with Crippen molar-refractivity contribution in [3.8, 4) is 0 Å². The summed E-state index contributed by atoms with van der Waals surface area (Å²) in [6, 6.07) is 1.29. The monoisotopic (exact) mass is 301 g/mol. The van der Waals surface area contributed by atoms with Crippen molar-refractivity contribution in [2.24, 2.45) is 0 Å². The summed E-state index contributed by atoms with van der Waals surface area (Å²) in [6.07, 6.45) is 10.9. The molecule has 20 heavy (non-hydrogen) atoms. The number of rotatable bonds is 12. The minimum atomic E-state index is -1.32. The van der Waals surface area contributed by atoms with Crippen LogP contribution >= 0.6 is 0 Å². The molecular formula is C16H35NO2Si. The molecule has 0 unspecified atom stereocenters. The molecule has 0 spiro atoms. The Labute approximate surface area is 127 Å². The lowest BCUT2D eigenvalue weighted by Crippen LogP contribution is -2.27. The van der Waals surface area contributed by atoms with E-state index in [0.29, 0.717) is 6.42 Å². The third-order valence-electron chi connectivity index (χ3n) is 3.97. The van der Waals surface area contributed by atoms with Gasteiger partial charge in [-0.05, 0) is 25.6 Å². The van der Waals surface area contributed by atoms with Crippen molar-refractivity contribution in [1.29, 1.82) is 0 Å². The molecule has 0 aromatic heterocycles. The third-order valence-corrected chi connectivity index (χ3v) is 6.63. The van der Waals surface area contributed by atoms with E-state index in [-0.39, 0.29) is 5.91 Å². The first kappa shape index (κ1) is 19.6. The predicted octanol–water partition coefficient (Wildman–Crippen LogP) is 4.44. The van der Waals surface area contributed by atoms with Crippen LogP contribution in [-0.2, 0) is 9.22 Å². The fourth-order valence-electron chi connectivity index (χ4n) is 2.21. The van der Waals surface area contributed by atoms with Crippen molar-refractivity contribution >= 4 is 14.2 Å². The van der Waals surface area contributed by atoms with Gasteiger partial charge >= 0.3 is 0 Å². The molecule has 0 radical (unpaired) electrons. The standard InChI is InChI=1S/C16H35NO2Si/c1-17(2)16(18)14-12-10-8-6-7-9-11-13-15-20(4,5)19-3/h6-15H2,1-5H3. The number of unbranched alkanes of at least 4 members (excludes halogenated alkanes) is 7. The zero-order chi connectivity index (χ0) is 15.4. The first-order valence-electron chi connectivity index (χ1n) is 8.14. The average molecular weight is 302 g/mol. The van der Waals surface area contributed by atoms with Crippen LogP contribution in [0.15, 0.2) is 0 Å². The molecule has 0 saturated heterocycles. The van der Waals surface area contributed by atoms with Crippen LogP contribution in [0.3, 0.4) is 0 Å². The van der Waals surface area contributed by atoms with Crippen molar-refractivity contribution in [3.63, 3.8) is 0 Å². The Bertz CT molecular complexity index is 255. The van der Waals surface area contributed by atoms with Crippen LogP contribution in [0.25, 0.3) is 0 Å². The van der Waals surface area contributed by atoms with Gasteiger partial charge in [-0.1, -0.05) is 44.9 Å². The van der Waals surface area contributed by atoms with E-state index < -0.39 is 8.32 Å². The Hall–Kier alpha value is -0.353. The van der Waals surface area contributed by atoms with Gasteiger partial charge in [0, 0.05) is 27.6 Å². The minimum absolute atomic E-state index is 0.259. The van der Waals surface area contributed by atoms with E-state index in [1.165, 1.54) is 51.0 Å². The maximum atomic E-state index is 11.4. The van der Waals surface area contributed by atoms with E-state index in [9.17, 15) is 4.79 Å². The van der Waals surface area contributed by atoms with E-state index in [2.05, 4.69) is 13.1 Å². The Morgan fingerprint density at radius 2 is 1.35 bits per heavy atom. The molecule has 3 nitrogen and oxygen atoms in total. The molecule has 0 aliphatic carbocycles. The molecule has 0 rings (SSSR count). The van der Waals surface area contributed by atoms with Crippen molar-refractivity contribution < 1.29 is 9.22 Å². The van der Waals surface area contributed by atoms with Crippen LogP contribution < -0.4 is 0 Å². The van der Waals surface area contributed by atoms with E-state index in [1.807, 2.05) is 21.2 Å². The third kappa shape index (κ3) is 11.5. The average Bonchev–Trinajstić information content (AvgIpc) is 2.40. The van der Waals surface area contributed by atoms with Gasteiger partial charge in [0.25, 0.3) is 0 Å². The summed E-state index contributed by atoms with van der Waals surface area (Å²) in [6.45, 7) is 4.59. The van der Waals surface area contributed by atoms with Gasteiger partial charge in [0.2, 0.25) is 5.91 Å². The topological polar surface area (TPSA) is 29.5 Å². The zero-order valence-corrected chi connectivity index (χ0v) is 15.3. The summed E-state index contributed by atoms with van der Waals surface area (Å²) in [5.74, 6) is 0.259. The molecule has 0 N–H and O–H groups in total. The molecule has 0 saturated carbocycles. The van der Waals surface area contributed by atoms with Gasteiger partial charge in [0.1, 0.15) is 0 Å². The van der Waals surface area contributed by atoms with Gasteiger partial charge in [0.15, 0.2) is 8.32 Å². The number of carbonyl (C=O) groups excluding carboxylic acids is 1. The molecule has 0 fully saturated rings. The normalized spacial score (nSPS) is 11.7. The fourth-order valence-corrected chi connectivity index (χ4v) is 3.52. The highest BCUT2D eigenvalue weighted by Crippen LogP contribution is 2.16. The minimum Gasteiger partial charge on any atom is -0.420 e. The highest BCUT2D eigenvalue weighted by molar-refractivity contribution is 6.71. The Balaban J connectivity index is 3.24. The first-order valence-corrected chi connectivity index (χ1v) is 11.3. The summed E-state index contributed by atoms with van der Waals surface area (Å²) in [7, 11) is 4.19. The first-order chi connectivity index (χ1) is 9.39. The van der Waals surface area contributed by atoms with Crippen LogP contribution in [0.2, 0.25) is 19.1 Å². The lowest BCUT2D eigenvalue weighted by atomic mass is 10.1. The molecule has 0 heterocycles. The van der Waals surface area contributed by atoms with Crippen molar-refractivity contribution in [3.05, 3.63) is 0 Å². The summed E-state index contributed by atoms with van der Waals surface area (Å²) in [5, 5.41) is 0. The maximum Gasteiger partial charge on any atom is 0.222 e. The van der Waals surface area contributed by atoms with Crippen molar-refractivity contribution in [2.45, 2.75) is 76.9 Å². The summed E-state index contributed by atoms with van der Waals surface area (Å²) in [4.78, 5) is 13.1. The van der Waals surface area contributed by atoms with Crippen molar-refractivity contribution in [1.82, 2.24) is 4.90 Å². The number of nitrogens with zero attached hydrogens (tertiary/aromatic N) is 1. The predicted molar refractivity (Wildman–Crippen MR) is 89.5 cm³/mol. The molecule has 0 aromatic carbocycles. The van der Waals surface area contributed by atoms with E-state index >= 15 is 0 Å². The van der Waals surface area contributed by atoms with Crippen LogP contribution in [0.4, 0.5) is 0 Å². The van der Waals surface area contributed by atoms with Gasteiger partial charge in [0.05, 0.1) is 0 Å². The number of amides is 1. The number of hydrogen-bond acceptors (Lipinski definition) is 2. The van der Waals surface area contributed by atoms with Crippen molar-refractivity contribution in [2.75, 3.05) is 21.2 Å². The van der Waals surface area contributed by atoms with E-state index in [0.717, 1.165) is 6.42 Å². The molecule has 120 valence electrons. The second-order valence-corrected chi connectivity index (χ2v) is 11.0. The van der Waals surface area contributed by atoms with E-state index in [1.54, 1.807) is 4.90 Å². The molecule has 0 aliphatic heterocycles. The lowest BCUT2D eigenvalue weighted by molar-refractivity contribution is -0.128. The Morgan fingerprint density at radius 1 is 0.900 bits per heavy atom. The van der Waals surface area contributed by atoms with Gasteiger partial charge in [-0.15, -0.1) is 0 Å². The second kappa shape index (κ2) is 11.3. The van der Waals surface area contributed by atoms with Gasteiger partial charge in [-0.2, -0.15) is 0 Å². The largest absolute Gasteiger partial charge is 0.420 e. The molecule has 1 amide bonds. The molecule has 0 atom stereocenters. The van der Waals surface area contributed by atoms with Gasteiger partial charge < -0.3 is 9.33 Å². The second-order valence-electron chi connectivity index (χ2n) is 6.58. The van der Waals surface area contributed by atoms with Crippen LogP contribution in [-0.4, -0.2) is 40.3 Å². The quantitative estimate of drug-likeness (QED) is 0.394. The van der Waals surface area contributed by atoms with E-state index in [4.69, 9.17) is 4.43 Å². The Morgan fingerprint density at radius 3 is 1.80 bits per heavy atom. The smallest absolute Gasteiger partial charge is 0.222 e. The molecule has 0 bridgehead atoms.